The lowest BCUT2D eigenvalue weighted by molar-refractivity contribution is 0.0942. The molecule has 0 aliphatic heterocycles. The Balaban J connectivity index is 2.68. The molecule has 0 aliphatic rings. The molecular formula is C13H17Cl2NO3. The summed E-state index contributed by atoms with van der Waals surface area (Å²) in [5, 5.41) is 12.7. The molecule has 0 fully saturated rings. The van der Waals surface area contributed by atoms with Gasteiger partial charge in [-0.2, -0.15) is 0 Å². The van der Waals surface area contributed by atoms with Gasteiger partial charge in [0.05, 0.1) is 23.3 Å². The summed E-state index contributed by atoms with van der Waals surface area (Å²) in [6.45, 7) is 2.28. The number of hydrogen-bond acceptors (Lipinski definition) is 3. The molecule has 0 saturated heterocycles. The van der Waals surface area contributed by atoms with Crippen LogP contribution >= 0.6 is 23.2 Å². The predicted octanol–water partition coefficient (Wildman–Crippen LogP) is 2.89. The molecule has 1 atom stereocenters. The van der Waals surface area contributed by atoms with Gasteiger partial charge in [0.2, 0.25) is 0 Å². The van der Waals surface area contributed by atoms with Gasteiger partial charge in [0, 0.05) is 12.1 Å². The predicted molar refractivity (Wildman–Crippen MR) is 76.3 cm³/mol. The molecule has 106 valence electrons. The zero-order valence-electron chi connectivity index (χ0n) is 10.9. The number of benzene rings is 1. The van der Waals surface area contributed by atoms with E-state index in [0.717, 1.165) is 0 Å². The lowest BCUT2D eigenvalue weighted by atomic mass is 10.2. The molecule has 0 bridgehead atoms. The van der Waals surface area contributed by atoms with E-state index in [0.29, 0.717) is 30.7 Å². The fourth-order valence-electron chi connectivity index (χ4n) is 1.54. The zero-order valence-corrected chi connectivity index (χ0v) is 12.4. The number of ether oxygens (including phenoxy) is 1. The van der Waals surface area contributed by atoms with Crippen molar-refractivity contribution in [2.75, 3.05) is 13.7 Å². The lowest BCUT2D eigenvalue weighted by Gasteiger charge is -2.11. The molecule has 0 aromatic heterocycles. The molecule has 4 nitrogen and oxygen atoms in total. The largest absolute Gasteiger partial charge is 0.494 e. The van der Waals surface area contributed by atoms with Crippen molar-refractivity contribution in [3.8, 4) is 5.75 Å². The minimum absolute atomic E-state index is 0.283. The van der Waals surface area contributed by atoms with Gasteiger partial charge >= 0.3 is 0 Å². The monoisotopic (exact) mass is 305 g/mol. The van der Waals surface area contributed by atoms with E-state index in [4.69, 9.17) is 27.9 Å². The van der Waals surface area contributed by atoms with Gasteiger partial charge in [-0.25, -0.2) is 0 Å². The number of amides is 1. The maximum atomic E-state index is 11.9. The van der Waals surface area contributed by atoms with E-state index < -0.39 is 6.10 Å². The third-order valence-electron chi connectivity index (χ3n) is 2.70. The lowest BCUT2D eigenvalue weighted by Crippen LogP contribution is -2.27. The number of carbonyl (C=O) groups is 1. The summed E-state index contributed by atoms with van der Waals surface area (Å²) in [5.74, 6) is 0.0658. The van der Waals surface area contributed by atoms with Gasteiger partial charge in [-0.15, -0.1) is 0 Å². The first-order valence-corrected chi connectivity index (χ1v) is 6.74. The van der Waals surface area contributed by atoms with Crippen molar-refractivity contribution in [1.82, 2.24) is 5.32 Å². The molecule has 0 saturated carbocycles. The van der Waals surface area contributed by atoms with Crippen molar-refractivity contribution in [3.63, 3.8) is 0 Å². The minimum Gasteiger partial charge on any atom is -0.494 e. The number of halogens is 2. The number of carbonyl (C=O) groups excluding carboxylic acids is 1. The van der Waals surface area contributed by atoms with E-state index >= 15 is 0 Å². The SMILES string of the molecule is CC[C@H](O)CCNC(=O)c1cc(Cl)c(OC)c(Cl)c1. The van der Waals surface area contributed by atoms with Gasteiger partial charge in [0.25, 0.3) is 5.91 Å². The Labute approximate surface area is 122 Å². The van der Waals surface area contributed by atoms with Crippen LogP contribution in [0.1, 0.15) is 30.1 Å². The summed E-state index contributed by atoms with van der Waals surface area (Å²) < 4.78 is 5.01. The van der Waals surface area contributed by atoms with E-state index in [1.807, 2.05) is 6.92 Å². The molecular weight excluding hydrogens is 289 g/mol. The van der Waals surface area contributed by atoms with Gasteiger partial charge in [-0.3, -0.25) is 4.79 Å². The Morgan fingerprint density at radius 3 is 2.47 bits per heavy atom. The zero-order chi connectivity index (χ0) is 14.4. The van der Waals surface area contributed by atoms with E-state index in [1.165, 1.54) is 19.2 Å². The first kappa shape index (κ1) is 16.1. The van der Waals surface area contributed by atoms with Gasteiger partial charge in [-0.1, -0.05) is 30.1 Å². The van der Waals surface area contributed by atoms with Crippen LogP contribution in [0.4, 0.5) is 0 Å². The second-order valence-corrected chi connectivity index (χ2v) is 4.89. The molecule has 19 heavy (non-hydrogen) atoms. The summed E-state index contributed by atoms with van der Waals surface area (Å²) in [6, 6.07) is 3.00. The Bertz CT molecular complexity index is 429. The van der Waals surface area contributed by atoms with Crippen LogP contribution < -0.4 is 10.1 Å². The standard InChI is InChI=1S/C13H17Cl2NO3/c1-3-9(17)4-5-16-13(18)8-6-10(14)12(19-2)11(15)7-8/h6-7,9,17H,3-5H2,1-2H3,(H,16,18)/t9-/m0/s1. The van der Waals surface area contributed by atoms with Crippen molar-refractivity contribution in [3.05, 3.63) is 27.7 Å². The van der Waals surface area contributed by atoms with Crippen molar-refractivity contribution in [2.45, 2.75) is 25.9 Å². The van der Waals surface area contributed by atoms with Gasteiger partial charge in [0.15, 0.2) is 5.75 Å². The van der Waals surface area contributed by atoms with Crippen LogP contribution in [-0.4, -0.2) is 30.8 Å². The van der Waals surface area contributed by atoms with E-state index in [1.54, 1.807) is 0 Å². The van der Waals surface area contributed by atoms with Crippen LogP contribution in [0.2, 0.25) is 10.0 Å². The van der Waals surface area contributed by atoms with Crippen molar-refractivity contribution in [2.24, 2.45) is 0 Å². The Hall–Kier alpha value is -0.970. The van der Waals surface area contributed by atoms with Gasteiger partial charge < -0.3 is 15.2 Å². The highest BCUT2D eigenvalue weighted by Gasteiger charge is 2.13. The smallest absolute Gasteiger partial charge is 0.251 e. The fraction of sp³-hybridized carbons (Fsp3) is 0.462. The Kier molecular flexibility index (Phi) is 6.42. The van der Waals surface area contributed by atoms with Crippen molar-refractivity contribution < 1.29 is 14.6 Å². The maximum Gasteiger partial charge on any atom is 0.251 e. The Morgan fingerprint density at radius 1 is 1.42 bits per heavy atom. The number of hydrogen-bond donors (Lipinski definition) is 2. The number of methoxy groups -OCH3 is 1. The number of nitrogens with one attached hydrogen (secondary N) is 1. The summed E-state index contributed by atoms with van der Waals surface area (Å²) in [5.41, 5.74) is 0.363. The van der Waals surface area contributed by atoms with Crippen LogP contribution in [0.5, 0.6) is 5.75 Å². The fourth-order valence-corrected chi connectivity index (χ4v) is 2.19. The molecule has 0 radical (unpaired) electrons. The third-order valence-corrected chi connectivity index (χ3v) is 3.26. The molecule has 1 aromatic rings. The van der Waals surface area contributed by atoms with Crippen LogP contribution in [0.3, 0.4) is 0 Å². The normalized spacial score (nSPS) is 12.1. The van der Waals surface area contributed by atoms with Gasteiger partial charge in [-0.05, 0) is 25.0 Å². The quantitative estimate of drug-likeness (QED) is 0.849. The number of aliphatic hydroxyl groups is 1. The minimum atomic E-state index is -0.400. The van der Waals surface area contributed by atoms with Crippen LogP contribution in [-0.2, 0) is 0 Å². The molecule has 1 aromatic carbocycles. The topological polar surface area (TPSA) is 58.6 Å². The molecule has 2 N–H and O–H groups in total. The van der Waals surface area contributed by atoms with E-state index in [2.05, 4.69) is 5.32 Å². The molecule has 1 rings (SSSR count). The van der Waals surface area contributed by atoms with Crippen molar-refractivity contribution >= 4 is 29.1 Å². The highest BCUT2D eigenvalue weighted by molar-refractivity contribution is 6.37. The average molecular weight is 306 g/mol. The van der Waals surface area contributed by atoms with Crippen LogP contribution in [0.15, 0.2) is 12.1 Å². The molecule has 0 heterocycles. The average Bonchev–Trinajstić information content (AvgIpc) is 2.37. The molecule has 1 amide bonds. The summed E-state index contributed by atoms with van der Waals surface area (Å²) in [6.07, 6.45) is 0.777. The summed E-state index contributed by atoms with van der Waals surface area (Å²) in [4.78, 5) is 11.9. The molecule has 0 spiro atoms. The number of aliphatic hydroxyl groups excluding tert-OH is 1. The second-order valence-electron chi connectivity index (χ2n) is 4.08. The molecule has 0 aliphatic carbocycles. The highest BCUT2D eigenvalue weighted by atomic mass is 35.5. The first-order chi connectivity index (χ1) is 8.99. The second kappa shape index (κ2) is 7.58. The van der Waals surface area contributed by atoms with Crippen molar-refractivity contribution in [1.29, 1.82) is 0 Å². The summed E-state index contributed by atoms with van der Waals surface area (Å²) in [7, 11) is 1.46. The van der Waals surface area contributed by atoms with E-state index in [-0.39, 0.29) is 16.0 Å². The third kappa shape index (κ3) is 4.56. The number of rotatable bonds is 6. The van der Waals surface area contributed by atoms with Crippen LogP contribution in [0.25, 0.3) is 0 Å². The first-order valence-electron chi connectivity index (χ1n) is 5.98. The molecule has 0 unspecified atom stereocenters. The highest BCUT2D eigenvalue weighted by Crippen LogP contribution is 2.33. The summed E-state index contributed by atoms with van der Waals surface area (Å²) >= 11 is 11.9. The maximum absolute atomic E-state index is 11.9. The Morgan fingerprint density at radius 2 is 2.00 bits per heavy atom. The van der Waals surface area contributed by atoms with Gasteiger partial charge in [0.1, 0.15) is 0 Å². The van der Waals surface area contributed by atoms with Crippen LogP contribution in [0, 0.1) is 0 Å². The molecule has 6 heteroatoms. The van der Waals surface area contributed by atoms with E-state index in [9.17, 15) is 9.90 Å².